The lowest BCUT2D eigenvalue weighted by atomic mass is 10.1. The predicted octanol–water partition coefficient (Wildman–Crippen LogP) is 2.68. The number of aromatic nitrogens is 1. The van der Waals surface area contributed by atoms with Gasteiger partial charge in [0.1, 0.15) is 22.2 Å². The van der Waals surface area contributed by atoms with Crippen molar-refractivity contribution >= 4 is 33.4 Å². The summed E-state index contributed by atoms with van der Waals surface area (Å²) in [6.45, 7) is 2.39. The van der Waals surface area contributed by atoms with Gasteiger partial charge in [-0.05, 0) is 37.5 Å². The molecule has 0 aliphatic rings. The Morgan fingerprint density at radius 1 is 1.11 bits per heavy atom. The second-order valence-electron chi connectivity index (χ2n) is 7.92. The predicted molar refractivity (Wildman–Crippen MR) is 136 cm³/mol. The van der Waals surface area contributed by atoms with Crippen LogP contribution >= 0.6 is 11.3 Å². The average molecular weight is 533 g/mol. The van der Waals surface area contributed by atoms with Crippen LogP contribution in [0.25, 0.3) is 0 Å². The van der Waals surface area contributed by atoms with Gasteiger partial charge in [-0.2, -0.15) is 8.42 Å². The van der Waals surface area contributed by atoms with Crippen molar-refractivity contribution in [2.45, 2.75) is 26.3 Å². The molecule has 1 aromatic heterocycles. The molecular weight excluding hydrogens is 504 g/mol. The monoisotopic (exact) mass is 532 g/mol. The van der Waals surface area contributed by atoms with Crippen LogP contribution in [0.4, 0.5) is 0 Å². The fraction of sp³-hybridized carbons (Fsp3) is 0.292. The normalized spacial score (nSPS) is 11.1. The van der Waals surface area contributed by atoms with E-state index in [-0.39, 0.29) is 18.1 Å². The van der Waals surface area contributed by atoms with E-state index in [1.807, 2.05) is 37.3 Å². The highest BCUT2D eigenvalue weighted by Gasteiger charge is 2.22. The maximum absolute atomic E-state index is 13.6. The molecule has 12 heteroatoms. The first-order valence-corrected chi connectivity index (χ1v) is 13.4. The summed E-state index contributed by atoms with van der Waals surface area (Å²) in [7, 11) is -1.16. The van der Waals surface area contributed by atoms with E-state index in [4.69, 9.17) is 14.6 Å². The van der Waals surface area contributed by atoms with E-state index in [0.29, 0.717) is 35.0 Å². The van der Waals surface area contributed by atoms with E-state index in [9.17, 15) is 18.0 Å². The van der Waals surface area contributed by atoms with E-state index in [0.717, 1.165) is 28.9 Å². The lowest BCUT2D eigenvalue weighted by Gasteiger charge is -2.23. The molecule has 0 radical (unpaired) electrons. The average Bonchev–Trinajstić information content (AvgIpc) is 3.31. The van der Waals surface area contributed by atoms with E-state index in [1.165, 1.54) is 19.6 Å². The summed E-state index contributed by atoms with van der Waals surface area (Å²) >= 11 is 1.14. The molecule has 0 saturated heterocycles. The number of thiazole rings is 1. The second-order valence-corrected chi connectivity index (χ2v) is 10.2. The van der Waals surface area contributed by atoms with Gasteiger partial charge in [0.25, 0.3) is 22.0 Å². The largest absolute Gasteiger partial charge is 0.496 e. The molecule has 36 heavy (non-hydrogen) atoms. The number of carbonyl (C=O) groups is 2. The minimum Gasteiger partial charge on any atom is -0.496 e. The van der Waals surface area contributed by atoms with Crippen molar-refractivity contribution in [3.63, 3.8) is 0 Å². The molecule has 1 heterocycles. The van der Waals surface area contributed by atoms with Crippen molar-refractivity contribution in [3.05, 3.63) is 75.2 Å². The van der Waals surface area contributed by atoms with Crippen molar-refractivity contribution in [2.75, 3.05) is 20.8 Å². The van der Waals surface area contributed by atoms with Crippen LogP contribution in [0.2, 0.25) is 0 Å². The highest BCUT2D eigenvalue weighted by Crippen LogP contribution is 2.30. The Morgan fingerprint density at radius 2 is 1.75 bits per heavy atom. The van der Waals surface area contributed by atoms with Gasteiger partial charge in [0.2, 0.25) is 0 Å². The van der Waals surface area contributed by atoms with Gasteiger partial charge >= 0.3 is 0 Å². The number of nitrogens with two attached hydrogens (primary N) is 1. The van der Waals surface area contributed by atoms with Crippen LogP contribution in [-0.4, -0.2) is 50.9 Å². The van der Waals surface area contributed by atoms with Crippen LogP contribution in [-0.2, 0) is 23.2 Å². The van der Waals surface area contributed by atoms with Crippen molar-refractivity contribution < 1.29 is 27.5 Å². The summed E-state index contributed by atoms with van der Waals surface area (Å²) < 4.78 is 34.8. The van der Waals surface area contributed by atoms with Gasteiger partial charge in [-0.1, -0.05) is 30.3 Å². The van der Waals surface area contributed by atoms with Gasteiger partial charge in [0.05, 0.1) is 20.8 Å². The molecule has 0 unspecified atom stereocenters. The Hall–Kier alpha value is -3.48. The molecule has 10 nitrogen and oxygen atoms in total. The molecule has 0 fully saturated rings. The third-order valence-electron chi connectivity index (χ3n) is 5.37. The smallest absolute Gasteiger partial charge is 0.299 e. The minimum absolute atomic E-state index is 0.0978. The van der Waals surface area contributed by atoms with Gasteiger partial charge in [-0.15, -0.1) is 11.3 Å². The van der Waals surface area contributed by atoms with E-state index in [2.05, 4.69) is 4.98 Å². The van der Waals surface area contributed by atoms with E-state index < -0.39 is 16.1 Å². The number of hydrogen-bond donors (Lipinski definition) is 2. The molecular formula is C24H28N4O6S2. The summed E-state index contributed by atoms with van der Waals surface area (Å²) in [5.74, 6) is -0.142. The van der Waals surface area contributed by atoms with Crippen LogP contribution in [0, 0.1) is 6.92 Å². The zero-order valence-corrected chi connectivity index (χ0v) is 21.8. The molecule has 0 atom stereocenters. The highest BCUT2D eigenvalue weighted by atomic mass is 32.2. The molecule has 0 spiro atoms. The Kier molecular flexibility index (Phi) is 9.02. The van der Waals surface area contributed by atoms with Crippen LogP contribution in [0.15, 0.2) is 47.8 Å². The van der Waals surface area contributed by atoms with E-state index in [1.54, 1.807) is 21.8 Å². The van der Waals surface area contributed by atoms with Crippen molar-refractivity contribution in [1.82, 2.24) is 14.6 Å². The Bertz CT molecular complexity index is 1300. The first kappa shape index (κ1) is 27.1. The maximum Gasteiger partial charge on any atom is 0.299 e. The highest BCUT2D eigenvalue weighted by molar-refractivity contribution is 7.87. The lowest BCUT2D eigenvalue weighted by molar-refractivity contribution is 0.0740. The fourth-order valence-electron chi connectivity index (χ4n) is 3.60. The van der Waals surface area contributed by atoms with Gasteiger partial charge in [-0.3, -0.25) is 9.59 Å². The number of hydrogen-bond acceptors (Lipinski definition) is 8. The second kappa shape index (κ2) is 12.0. The number of aryl methyl sites for hydroxylation is 1. The van der Waals surface area contributed by atoms with Crippen LogP contribution < -0.4 is 19.3 Å². The first-order chi connectivity index (χ1) is 17.1. The number of ether oxygens (including phenoxy) is 2. The molecule has 3 aromatic rings. The number of benzene rings is 2. The summed E-state index contributed by atoms with van der Waals surface area (Å²) in [4.78, 5) is 31.5. The van der Waals surface area contributed by atoms with Gasteiger partial charge in [0.15, 0.2) is 0 Å². The third kappa shape index (κ3) is 7.26. The molecule has 0 aliphatic carbocycles. The molecule has 3 N–H and O–H groups in total. The Labute approximate surface area is 214 Å². The molecule has 3 rings (SSSR count). The fourth-order valence-corrected chi connectivity index (χ4v) is 4.75. The quantitative estimate of drug-likeness (QED) is 0.387. The van der Waals surface area contributed by atoms with E-state index >= 15 is 0 Å². The molecule has 192 valence electrons. The van der Waals surface area contributed by atoms with Crippen LogP contribution in [0.5, 0.6) is 11.5 Å². The minimum atomic E-state index is -4.21. The molecule has 0 aliphatic heterocycles. The van der Waals surface area contributed by atoms with Gasteiger partial charge in [0, 0.05) is 23.1 Å². The van der Waals surface area contributed by atoms with Crippen molar-refractivity contribution in [1.29, 1.82) is 0 Å². The summed E-state index contributed by atoms with van der Waals surface area (Å²) in [5.41, 5.74) is 2.22. The summed E-state index contributed by atoms with van der Waals surface area (Å²) in [6, 6.07) is 13.3. The summed E-state index contributed by atoms with van der Waals surface area (Å²) in [5, 5.41) is 6.75. The number of carbonyl (C=O) groups excluding carboxylic acids is 2. The van der Waals surface area contributed by atoms with Crippen molar-refractivity contribution in [3.8, 4) is 11.5 Å². The van der Waals surface area contributed by atoms with Crippen LogP contribution in [0.1, 0.15) is 43.4 Å². The molecule has 2 aromatic carbocycles. The number of nitrogens with zero attached hydrogens (tertiary/aromatic N) is 2. The number of rotatable bonds is 11. The molecule has 0 saturated carbocycles. The molecule has 2 amide bonds. The van der Waals surface area contributed by atoms with Gasteiger partial charge in [-0.25, -0.2) is 14.8 Å². The number of nitrogens with one attached hydrogen (secondary N) is 1. The molecule has 0 bridgehead atoms. The lowest BCUT2D eigenvalue weighted by Crippen LogP contribution is -2.36. The zero-order valence-electron chi connectivity index (χ0n) is 20.2. The first-order valence-electron chi connectivity index (χ1n) is 11.0. The Balaban J connectivity index is 1.84. The topological polar surface area (TPSA) is 141 Å². The van der Waals surface area contributed by atoms with Crippen LogP contribution in [0.3, 0.4) is 0 Å². The Morgan fingerprint density at radius 3 is 2.33 bits per heavy atom. The third-order valence-corrected chi connectivity index (χ3v) is 6.67. The van der Waals surface area contributed by atoms with Crippen molar-refractivity contribution in [2.24, 2.45) is 5.14 Å². The zero-order chi connectivity index (χ0) is 26.3. The number of methoxy groups -OCH3 is 2. The maximum atomic E-state index is 13.6. The van der Waals surface area contributed by atoms with Gasteiger partial charge < -0.3 is 14.4 Å². The standard InChI is InChI=1S/C24H28N4O6S2/c1-16-20(33-2)12-18(13-21(16)34-3)24(30)28(11-7-10-17-8-5-4-6-9-17)14-22-26-19(15-35-22)23(29)27-36(25,31)32/h4-6,8-9,12-13,15H,7,10-11,14H2,1-3H3,(H,27,29)(H2,25,31,32). The SMILES string of the molecule is COc1cc(C(=O)N(CCCc2ccccc2)Cc2nc(C(=O)NS(N)(=O)=O)cs2)cc(OC)c1C. The summed E-state index contributed by atoms with van der Waals surface area (Å²) in [6.07, 6.45) is 1.46. The number of amides is 2.